The minimum absolute atomic E-state index is 0.115. The Morgan fingerprint density at radius 1 is 1.25 bits per heavy atom. The molecular weight excluding hydrogens is 252 g/mol. The maximum Gasteiger partial charge on any atom is 0.294 e. The number of H-pyrrole nitrogens is 2. The van der Waals surface area contributed by atoms with E-state index in [9.17, 15) is 13.2 Å². The Hall–Kier alpha value is -1.51. The first kappa shape index (κ1) is 11.0. The first-order valence-electron chi connectivity index (χ1n) is 4.12. The Kier molecular flexibility index (Phi) is 2.41. The molecule has 2 rings (SSSR count). The van der Waals surface area contributed by atoms with Gasteiger partial charge in [-0.15, -0.1) is 0 Å². The van der Waals surface area contributed by atoms with Gasteiger partial charge in [-0.3, -0.25) is 14.3 Å². The highest BCUT2D eigenvalue weighted by molar-refractivity contribution is 7.85. The topological polar surface area (TPSA) is 103 Å². The SMILES string of the molecule is O=c1[nH]c(=S)[nH]c2ccc(S(=O)(=O)O)cc12. The zero-order chi connectivity index (χ0) is 11.9. The highest BCUT2D eigenvalue weighted by atomic mass is 32.2. The summed E-state index contributed by atoms with van der Waals surface area (Å²) in [5, 5.41) is 0.115. The number of aromatic amines is 2. The summed E-state index contributed by atoms with van der Waals surface area (Å²) in [6, 6.07) is 3.63. The highest BCUT2D eigenvalue weighted by Gasteiger charge is 2.11. The van der Waals surface area contributed by atoms with E-state index in [1.54, 1.807) is 0 Å². The van der Waals surface area contributed by atoms with Crippen LogP contribution in [0.2, 0.25) is 0 Å². The fraction of sp³-hybridized carbons (Fsp3) is 0. The molecule has 0 unspecified atom stereocenters. The minimum atomic E-state index is -4.31. The molecule has 16 heavy (non-hydrogen) atoms. The molecule has 3 N–H and O–H groups in total. The molecule has 0 aliphatic heterocycles. The van der Waals surface area contributed by atoms with E-state index in [2.05, 4.69) is 9.97 Å². The molecule has 1 aromatic carbocycles. The predicted molar refractivity (Wildman–Crippen MR) is 59.6 cm³/mol. The third-order valence-electron chi connectivity index (χ3n) is 2.01. The molecule has 0 saturated heterocycles. The van der Waals surface area contributed by atoms with Crippen LogP contribution in [-0.2, 0) is 10.1 Å². The highest BCUT2D eigenvalue weighted by Crippen LogP contribution is 2.13. The number of hydrogen-bond acceptors (Lipinski definition) is 4. The maximum absolute atomic E-state index is 11.5. The number of nitrogens with one attached hydrogen (secondary N) is 2. The zero-order valence-corrected chi connectivity index (χ0v) is 9.35. The molecule has 0 amide bonds. The van der Waals surface area contributed by atoms with Gasteiger partial charge < -0.3 is 4.98 Å². The lowest BCUT2D eigenvalue weighted by atomic mass is 10.2. The Morgan fingerprint density at radius 3 is 2.56 bits per heavy atom. The van der Waals surface area contributed by atoms with Crippen molar-refractivity contribution >= 4 is 33.2 Å². The van der Waals surface area contributed by atoms with Gasteiger partial charge in [0, 0.05) is 0 Å². The van der Waals surface area contributed by atoms with Gasteiger partial charge in [-0.1, -0.05) is 0 Å². The van der Waals surface area contributed by atoms with E-state index in [0.29, 0.717) is 5.52 Å². The van der Waals surface area contributed by atoms with Crippen LogP contribution >= 0.6 is 12.2 Å². The molecule has 84 valence electrons. The van der Waals surface area contributed by atoms with Crippen molar-refractivity contribution in [2.24, 2.45) is 0 Å². The lowest BCUT2D eigenvalue weighted by Gasteiger charge is -2.00. The molecular formula is C8H6N2O4S2. The summed E-state index contributed by atoms with van der Waals surface area (Å²) < 4.78 is 30.7. The second-order valence-corrected chi connectivity index (χ2v) is 4.92. The molecule has 0 bridgehead atoms. The molecule has 0 fully saturated rings. The van der Waals surface area contributed by atoms with Crippen molar-refractivity contribution in [3.8, 4) is 0 Å². The van der Waals surface area contributed by atoms with E-state index < -0.39 is 15.7 Å². The van der Waals surface area contributed by atoms with Crippen LogP contribution in [0.15, 0.2) is 27.9 Å². The number of hydrogen-bond donors (Lipinski definition) is 3. The van der Waals surface area contributed by atoms with Crippen molar-refractivity contribution in [1.82, 2.24) is 9.97 Å². The van der Waals surface area contributed by atoms with Gasteiger partial charge in [0.25, 0.3) is 15.7 Å². The molecule has 1 aromatic heterocycles. The van der Waals surface area contributed by atoms with Crippen LogP contribution in [0.3, 0.4) is 0 Å². The molecule has 0 radical (unpaired) electrons. The standard InChI is InChI=1S/C8H6N2O4S2/c11-7-5-3-4(16(12,13)14)1-2-6(5)9-8(15)10-7/h1-3H,(H,12,13,14)(H2,9,10,11,15). The van der Waals surface area contributed by atoms with E-state index in [1.165, 1.54) is 12.1 Å². The molecule has 0 atom stereocenters. The van der Waals surface area contributed by atoms with E-state index in [-0.39, 0.29) is 15.1 Å². The fourth-order valence-electron chi connectivity index (χ4n) is 1.30. The van der Waals surface area contributed by atoms with Gasteiger partial charge in [-0.05, 0) is 30.4 Å². The normalized spacial score (nSPS) is 11.8. The van der Waals surface area contributed by atoms with Crippen LogP contribution in [0.1, 0.15) is 0 Å². The second-order valence-electron chi connectivity index (χ2n) is 3.09. The molecule has 1 heterocycles. The third kappa shape index (κ3) is 1.90. The largest absolute Gasteiger partial charge is 0.332 e. The number of aromatic nitrogens is 2. The summed E-state index contributed by atoms with van der Waals surface area (Å²) in [4.78, 5) is 16.1. The average Bonchev–Trinajstić information content (AvgIpc) is 2.15. The van der Waals surface area contributed by atoms with Gasteiger partial charge in [0.1, 0.15) is 0 Å². The number of rotatable bonds is 1. The van der Waals surface area contributed by atoms with Gasteiger partial charge in [0.15, 0.2) is 4.77 Å². The van der Waals surface area contributed by atoms with Gasteiger partial charge >= 0.3 is 0 Å². The molecule has 0 saturated carbocycles. The quantitative estimate of drug-likeness (QED) is 0.519. The summed E-state index contributed by atoms with van der Waals surface area (Å²) >= 11 is 4.75. The molecule has 0 spiro atoms. The third-order valence-corrected chi connectivity index (χ3v) is 3.06. The lowest BCUT2D eigenvalue weighted by molar-refractivity contribution is 0.483. The second kappa shape index (κ2) is 3.51. The van der Waals surface area contributed by atoms with Crippen LogP contribution in [0.5, 0.6) is 0 Å². The summed E-state index contributed by atoms with van der Waals surface area (Å²) in [6.45, 7) is 0. The molecule has 6 nitrogen and oxygen atoms in total. The van der Waals surface area contributed by atoms with Crippen LogP contribution in [0.25, 0.3) is 10.9 Å². The van der Waals surface area contributed by atoms with E-state index in [1.807, 2.05) is 0 Å². The maximum atomic E-state index is 11.5. The van der Waals surface area contributed by atoms with Gasteiger partial charge in [0.2, 0.25) is 0 Å². The smallest absolute Gasteiger partial charge is 0.294 e. The first-order valence-corrected chi connectivity index (χ1v) is 5.96. The van der Waals surface area contributed by atoms with Crippen molar-refractivity contribution in [1.29, 1.82) is 0 Å². The van der Waals surface area contributed by atoms with E-state index in [0.717, 1.165) is 6.07 Å². The van der Waals surface area contributed by atoms with Crippen molar-refractivity contribution < 1.29 is 13.0 Å². The van der Waals surface area contributed by atoms with Crippen molar-refractivity contribution in [3.63, 3.8) is 0 Å². The molecule has 0 aliphatic carbocycles. The fourth-order valence-corrected chi connectivity index (χ4v) is 2.01. The van der Waals surface area contributed by atoms with Crippen molar-refractivity contribution in [2.75, 3.05) is 0 Å². The van der Waals surface area contributed by atoms with E-state index >= 15 is 0 Å². The average molecular weight is 258 g/mol. The Labute approximate surface area is 94.7 Å². The van der Waals surface area contributed by atoms with Crippen molar-refractivity contribution in [2.45, 2.75) is 4.90 Å². The summed E-state index contributed by atoms with van der Waals surface area (Å²) in [5.41, 5.74) is -0.106. The summed E-state index contributed by atoms with van der Waals surface area (Å²) in [5.74, 6) is 0. The predicted octanol–water partition coefficient (Wildman–Crippen LogP) is 0.832. The van der Waals surface area contributed by atoms with Crippen LogP contribution < -0.4 is 5.56 Å². The Bertz CT molecular complexity index is 772. The van der Waals surface area contributed by atoms with Gasteiger partial charge in [-0.2, -0.15) is 8.42 Å². The van der Waals surface area contributed by atoms with E-state index in [4.69, 9.17) is 16.8 Å². The van der Waals surface area contributed by atoms with Gasteiger partial charge in [-0.25, -0.2) is 0 Å². The summed E-state index contributed by atoms with van der Waals surface area (Å²) in [6.07, 6.45) is 0. The summed E-state index contributed by atoms with van der Waals surface area (Å²) in [7, 11) is -4.31. The Morgan fingerprint density at radius 2 is 1.94 bits per heavy atom. The first-order chi connectivity index (χ1) is 7.38. The molecule has 8 heteroatoms. The van der Waals surface area contributed by atoms with Crippen molar-refractivity contribution in [3.05, 3.63) is 33.3 Å². The van der Waals surface area contributed by atoms with Crippen LogP contribution in [-0.4, -0.2) is 22.9 Å². The zero-order valence-electron chi connectivity index (χ0n) is 7.72. The number of fused-ring (bicyclic) bond motifs is 1. The van der Waals surface area contributed by atoms with Gasteiger partial charge in [0.05, 0.1) is 15.8 Å². The van der Waals surface area contributed by atoms with Crippen LogP contribution in [0, 0.1) is 4.77 Å². The lowest BCUT2D eigenvalue weighted by Crippen LogP contribution is -2.09. The Balaban J connectivity index is 2.93. The number of benzene rings is 1. The monoisotopic (exact) mass is 258 g/mol. The molecule has 0 aliphatic rings. The minimum Gasteiger partial charge on any atom is -0.332 e. The molecule has 2 aromatic rings. The van der Waals surface area contributed by atoms with Crippen LogP contribution in [0.4, 0.5) is 0 Å².